The van der Waals surface area contributed by atoms with Crippen molar-refractivity contribution in [1.82, 2.24) is 13.6 Å². The molecule has 2 aromatic heterocycles. The van der Waals surface area contributed by atoms with E-state index in [-0.39, 0.29) is 16.8 Å². The predicted molar refractivity (Wildman–Crippen MR) is 81.4 cm³/mol. The van der Waals surface area contributed by atoms with Crippen molar-refractivity contribution in [2.24, 2.45) is 0 Å². The van der Waals surface area contributed by atoms with Crippen LogP contribution in [0.5, 0.6) is 0 Å². The van der Waals surface area contributed by atoms with Gasteiger partial charge >= 0.3 is 11.4 Å². The normalized spacial score (nSPS) is 12.0. The van der Waals surface area contributed by atoms with Crippen LogP contribution >= 0.6 is 0 Å². The lowest BCUT2D eigenvalue weighted by atomic mass is 9.89. The quantitative estimate of drug-likeness (QED) is 0.684. The molecule has 21 heavy (non-hydrogen) atoms. The summed E-state index contributed by atoms with van der Waals surface area (Å²) in [4.78, 5) is 24.9. The molecule has 0 aliphatic rings. The number of rotatable bonds is 1. The Bertz CT molecular complexity index is 909. The molecule has 0 N–H and O–H groups in total. The van der Waals surface area contributed by atoms with Gasteiger partial charge in [-0.05, 0) is 29.2 Å². The maximum Gasteiger partial charge on any atom is 0.356 e. The molecule has 0 spiro atoms. The molecule has 0 aliphatic heterocycles. The lowest BCUT2D eigenvalue weighted by Crippen LogP contribution is -2.25. The van der Waals surface area contributed by atoms with Gasteiger partial charge in [-0.15, -0.1) is 0 Å². The highest BCUT2D eigenvalue weighted by atomic mass is 16.2. The first-order valence-electron chi connectivity index (χ1n) is 6.81. The third-order valence-electron chi connectivity index (χ3n) is 3.54. The van der Waals surface area contributed by atoms with Crippen molar-refractivity contribution < 1.29 is 0 Å². The molecule has 3 rings (SSSR count). The number of hydrogen-bond acceptors (Lipinski definition) is 2. The molecular weight excluding hydrogens is 266 g/mol. The smallest absolute Gasteiger partial charge is 0.245 e. The van der Waals surface area contributed by atoms with E-state index in [1.807, 2.05) is 12.1 Å². The maximum absolute atomic E-state index is 12.5. The molecule has 0 atom stereocenters. The van der Waals surface area contributed by atoms with Crippen LogP contribution in [0.4, 0.5) is 0 Å². The van der Waals surface area contributed by atoms with Gasteiger partial charge in [-0.1, -0.05) is 39.0 Å². The summed E-state index contributed by atoms with van der Waals surface area (Å²) in [6.07, 6.45) is 3.37. The van der Waals surface area contributed by atoms with Crippen molar-refractivity contribution in [3.63, 3.8) is 0 Å². The van der Waals surface area contributed by atoms with Crippen LogP contribution < -0.4 is 11.4 Å². The highest BCUT2D eigenvalue weighted by Crippen LogP contribution is 2.20. The SMILES string of the molecule is CC(C)(C)c1ccn2c(=O)n(-c3ccccc3)c(=O)n2c1. The van der Waals surface area contributed by atoms with Gasteiger partial charge in [-0.2, -0.15) is 0 Å². The molecule has 108 valence electrons. The topological polar surface area (TPSA) is 47.9 Å². The molecular formula is C16H17N3O2. The fourth-order valence-electron chi connectivity index (χ4n) is 2.29. The van der Waals surface area contributed by atoms with Crippen LogP contribution in [0.15, 0.2) is 58.4 Å². The van der Waals surface area contributed by atoms with E-state index in [2.05, 4.69) is 20.8 Å². The molecule has 0 saturated carbocycles. The second-order valence-electron chi connectivity index (χ2n) is 6.08. The van der Waals surface area contributed by atoms with Crippen LogP contribution in [0, 0.1) is 0 Å². The zero-order valence-electron chi connectivity index (χ0n) is 12.3. The third kappa shape index (κ3) is 2.11. The second-order valence-corrected chi connectivity index (χ2v) is 6.08. The minimum absolute atomic E-state index is 0.0912. The van der Waals surface area contributed by atoms with Gasteiger partial charge in [-0.25, -0.2) is 23.2 Å². The monoisotopic (exact) mass is 283 g/mol. The molecule has 0 aliphatic carbocycles. The van der Waals surface area contributed by atoms with Crippen LogP contribution in [-0.4, -0.2) is 13.6 Å². The van der Waals surface area contributed by atoms with E-state index in [1.54, 1.807) is 36.7 Å². The van der Waals surface area contributed by atoms with Gasteiger partial charge in [0.25, 0.3) is 0 Å². The lowest BCUT2D eigenvalue weighted by Gasteiger charge is -2.18. The first-order chi connectivity index (χ1) is 9.89. The average molecular weight is 283 g/mol. The van der Waals surface area contributed by atoms with Crippen molar-refractivity contribution in [3.8, 4) is 5.69 Å². The van der Waals surface area contributed by atoms with E-state index in [1.165, 1.54) is 13.6 Å². The Hall–Kier alpha value is -2.56. The van der Waals surface area contributed by atoms with Gasteiger partial charge in [0, 0.05) is 12.4 Å². The van der Waals surface area contributed by atoms with E-state index < -0.39 is 0 Å². The molecule has 0 amide bonds. The molecule has 0 unspecified atom stereocenters. The van der Waals surface area contributed by atoms with Crippen LogP contribution in [0.2, 0.25) is 0 Å². The van der Waals surface area contributed by atoms with Crippen LogP contribution in [0.25, 0.3) is 5.69 Å². The summed E-state index contributed by atoms with van der Waals surface area (Å²) in [6.45, 7) is 6.20. The van der Waals surface area contributed by atoms with E-state index in [0.29, 0.717) is 5.69 Å². The summed E-state index contributed by atoms with van der Waals surface area (Å²) in [7, 11) is 0. The Morgan fingerprint density at radius 3 is 2.10 bits per heavy atom. The number of nitrogens with zero attached hydrogens (tertiary/aromatic N) is 3. The lowest BCUT2D eigenvalue weighted by molar-refractivity contribution is 0.576. The van der Waals surface area contributed by atoms with Gasteiger partial charge in [0.1, 0.15) is 0 Å². The molecule has 0 fully saturated rings. The van der Waals surface area contributed by atoms with E-state index in [0.717, 1.165) is 5.56 Å². The number of benzene rings is 1. The van der Waals surface area contributed by atoms with Gasteiger partial charge in [0.2, 0.25) is 0 Å². The predicted octanol–water partition coefficient (Wildman–Crippen LogP) is 1.85. The second kappa shape index (κ2) is 4.48. The van der Waals surface area contributed by atoms with Crippen LogP contribution in [-0.2, 0) is 5.41 Å². The first kappa shape index (κ1) is 13.4. The Morgan fingerprint density at radius 2 is 1.48 bits per heavy atom. The fraction of sp³-hybridized carbons (Fsp3) is 0.250. The summed E-state index contributed by atoms with van der Waals surface area (Å²) in [5, 5.41) is 0. The van der Waals surface area contributed by atoms with Crippen LogP contribution in [0.3, 0.4) is 0 Å². The number of fused-ring (bicyclic) bond motifs is 1. The van der Waals surface area contributed by atoms with Crippen molar-refractivity contribution in [2.75, 3.05) is 0 Å². The molecule has 0 bridgehead atoms. The number of hydrogen-bond donors (Lipinski definition) is 0. The summed E-state index contributed by atoms with van der Waals surface area (Å²) in [5.41, 5.74) is 0.742. The molecule has 0 saturated heterocycles. The Balaban J connectivity index is 2.35. The van der Waals surface area contributed by atoms with Gasteiger partial charge < -0.3 is 0 Å². The molecule has 3 aromatic rings. The average Bonchev–Trinajstić information content (AvgIpc) is 2.70. The van der Waals surface area contributed by atoms with Gasteiger partial charge in [-0.3, -0.25) is 0 Å². The fourth-order valence-corrected chi connectivity index (χ4v) is 2.29. The molecule has 1 aromatic carbocycles. The standard InChI is InChI=1S/C16H17N3O2/c1-16(2,3)12-9-10-17-14(20)19(15(21)18(17)11-12)13-7-5-4-6-8-13/h4-11H,1-3H3. The zero-order chi connectivity index (χ0) is 15.2. The van der Waals surface area contributed by atoms with Crippen molar-refractivity contribution in [2.45, 2.75) is 26.2 Å². The minimum Gasteiger partial charge on any atom is -0.245 e. The number of para-hydroxylation sites is 1. The summed E-state index contributed by atoms with van der Waals surface area (Å²) in [5.74, 6) is 0. The molecule has 5 nitrogen and oxygen atoms in total. The Labute approximate surface area is 121 Å². The largest absolute Gasteiger partial charge is 0.356 e. The zero-order valence-corrected chi connectivity index (χ0v) is 12.3. The maximum atomic E-state index is 12.5. The van der Waals surface area contributed by atoms with E-state index >= 15 is 0 Å². The summed E-state index contributed by atoms with van der Waals surface area (Å²) in [6, 6.07) is 10.8. The number of aromatic nitrogens is 3. The van der Waals surface area contributed by atoms with Crippen LogP contribution in [0.1, 0.15) is 26.3 Å². The first-order valence-corrected chi connectivity index (χ1v) is 6.81. The Morgan fingerprint density at radius 1 is 0.857 bits per heavy atom. The highest BCUT2D eigenvalue weighted by molar-refractivity contribution is 5.30. The molecule has 0 radical (unpaired) electrons. The molecule has 2 heterocycles. The van der Waals surface area contributed by atoms with Crippen molar-refractivity contribution in [1.29, 1.82) is 0 Å². The van der Waals surface area contributed by atoms with Gasteiger partial charge in [0.15, 0.2) is 0 Å². The van der Waals surface area contributed by atoms with Gasteiger partial charge in [0.05, 0.1) is 5.69 Å². The van der Waals surface area contributed by atoms with Crippen molar-refractivity contribution >= 4 is 0 Å². The van der Waals surface area contributed by atoms with E-state index in [4.69, 9.17) is 0 Å². The highest BCUT2D eigenvalue weighted by Gasteiger charge is 2.17. The summed E-state index contributed by atoms with van der Waals surface area (Å²) < 4.78 is 3.85. The van der Waals surface area contributed by atoms with E-state index in [9.17, 15) is 9.59 Å². The van der Waals surface area contributed by atoms with Crippen molar-refractivity contribution in [3.05, 3.63) is 75.3 Å². The Kier molecular flexibility index (Phi) is 2.86. The third-order valence-corrected chi connectivity index (χ3v) is 3.54. The molecule has 5 heteroatoms. The summed E-state index contributed by atoms with van der Waals surface area (Å²) >= 11 is 0. The minimum atomic E-state index is -0.369.